The van der Waals surface area contributed by atoms with E-state index in [1.807, 2.05) is 0 Å². The SMILES string of the molecule is Fc1cc(Br)c(F)c(F)c1Cl. The maximum absolute atomic E-state index is 12.5. The lowest BCUT2D eigenvalue weighted by atomic mass is 10.3. The monoisotopic (exact) mass is 244 g/mol. The highest BCUT2D eigenvalue weighted by Gasteiger charge is 2.15. The van der Waals surface area contributed by atoms with E-state index in [1.165, 1.54) is 0 Å². The molecular formula is C6HBrClF3. The molecule has 0 aliphatic carbocycles. The Labute approximate surface area is 74.1 Å². The molecule has 0 unspecified atom stereocenters. The van der Waals surface area contributed by atoms with E-state index in [0.717, 1.165) is 6.07 Å². The summed E-state index contributed by atoms with van der Waals surface area (Å²) in [6.45, 7) is 0. The largest absolute Gasteiger partial charge is 0.205 e. The molecule has 0 nitrogen and oxygen atoms in total. The lowest BCUT2D eigenvalue weighted by molar-refractivity contribution is 0.491. The first-order valence-electron chi connectivity index (χ1n) is 2.52. The number of hydrogen-bond donors (Lipinski definition) is 0. The summed E-state index contributed by atoms with van der Waals surface area (Å²) < 4.78 is 37.1. The van der Waals surface area contributed by atoms with Gasteiger partial charge in [0.1, 0.15) is 10.8 Å². The molecule has 1 aromatic rings. The van der Waals surface area contributed by atoms with Gasteiger partial charge in [-0.25, -0.2) is 13.2 Å². The second-order valence-corrected chi connectivity index (χ2v) is 3.01. The standard InChI is InChI=1S/C6HBrClF3/c7-2-1-3(9)4(8)6(11)5(2)10/h1H. The molecule has 1 rings (SSSR count). The van der Waals surface area contributed by atoms with E-state index >= 15 is 0 Å². The summed E-state index contributed by atoms with van der Waals surface area (Å²) in [6.07, 6.45) is 0. The van der Waals surface area contributed by atoms with Crippen molar-refractivity contribution in [2.75, 3.05) is 0 Å². The molecule has 11 heavy (non-hydrogen) atoms. The molecule has 0 bridgehead atoms. The highest BCUT2D eigenvalue weighted by Crippen LogP contribution is 2.26. The number of hydrogen-bond acceptors (Lipinski definition) is 0. The average molecular weight is 245 g/mol. The smallest absolute Gasteiger partial charge is 0.181 e. The van der Waals surface area contributed by atoms with Crippen LogP contribution in [-0.4, -0.2) is 0 Å². The Bertz CT molecular complexity index is 274. The fraction of sp³-hybridized carbons (Fsp3) is 0. The van der Waals surface area contributed by atoms with Gasteiger partial charge in [-0.3, -0.25) is 0 Å². The summed E-state index contributed by atoms with van der Waals surface area (Å²) >= 11 is 7.66. The van der Waals surface area contributed by atoms with Crippen molar-refractivity contribution in [3.8, 4) is 0 Å². The zero-order valence-electron chi connectivity index (χ0n) is 4.97. The molecule has 0 atom stereocenters. The van der Waals surface area contributed by atoms with Crippen molar-refractivity contribution < 1.29 is 13.2 Å². The minimum atomic E-state index is -1.38. The fourth-order valence-electron chi connectivity index (χ4n) is 0.544. The Morgan fingerprint density at radius 1 is 1.18 bits per heavy atom. The Kier molecular flexibility index (Phi) is 2.44. The first-order valence-corrected chi connectivity index (χ1v) is 3.69. The van der Waals surface area contributed by atoms with Crippen molar-refractivity contribution in [1.82, 2.24) is 0 Å². The van der Waals surface area contributed by atoms with Gasteiger partial charge in [0.25, 0.3) is 0 Å². The van der Waals surface area contributed by atoms with Gasteiger partial charge in [0.05, 0.1) is 4.47 Å². The van der Waals surface area contributed by atoms with Crippen molar-refractivity contribution in [2.24, 2.45) is 0 Å². The molecule has 0 saturated heterocycles. The van der Waals surface area contributed by atoms with Crippen LogP contribution in [0.25, 0.3) is 0 Å². The lowest BCUT2D eigenvalue weighted by Crippen LogP contribution is -1.90. The van der Waals surface area contributed by atoms with Crippen LogP contribution in [0.2, 0.25) is 5.02 Å². The van der Waals surface area contributed by atoms with Gasteiger partial charge in [-0.15, -0.1) is 0 Å². The quantitative estimate of drug-likeness (QED) is 0.484. The van der Waals surface area contributed by atoms with Crippen molar-refractivity contribution >= 4 is 27.5 Å². The van der Waals surface area contributed by atoms with Crippen LogP contribution in [-0.2, 0) is 0 Å². The molecule has 60 valence electrons. The Morgan fingerprint density at radius 2 is 1.73 bits per heavy atom. The maximum Gasteiger partial charge on any atom is 0.181 e. The van der Waals surface area contributed by atoms with Crippen molar-refractivity contribution in [2.45, 2.75) is 0 Å². The second kappa shape index (κ2) is 3.03. The molecule has 0 radical (unpaired) electrons. The van der Waals surface area contributed by atoms with Crippen LogP contribution in [0.15, 0.2) is 10.5 Å². The van der Waals surface area contributed by atoms with Crippen LogP contribution in [0.1, 0.15) is 0 Å². The number of halogens is 5. The van der Waals surface area contributed by atoms with Crippen molar-refractivity contribution in [3.05, 3.63) is 33.0 Å². The van der Waals surface area contributed by atoms with E-state index in [0.29, 0.717) is 0 Å². The Hall–Kier alpha value is -0.220. The minimum absolute atomic E-state index is 0.281. The molecule has 1 aromatic carbocycles. The highest BCUT2D eigenvalue weighted by molar-refractivity contribution is 9.10. The average Bonchev–Trinajstić information content (AvgIpc) is 1.97. The summed E-state index contributed by atoms with van der Waals surface area (Å²) in [5.41, 5.74) is 0. The third-order valence-electron chi connectivity index (χ3n) is 1.06. The van der Waals surface area contributed by atoms with Gasteiger partial charge in [0, 0.05) is 0 Å². The third-order valence-corrected chi connectivity index (χ3v) is 1.98. The van der Waals surface area contributed by atoms with Crippen LogP contribution < -0.4 is 0 Å². The summed E-state index contributed by atoms with van der Waals surface area (Å²) in [6, 6.07) is 0.765. The summed E-state index contributed by atoms with van der Waals surface area (Å²) in [7, 11) is 0. The van der Waals surface area contributed by atoms with E-state index in [4.69, 9.17) is 11.6 Å². The first kappa shape index (κ1) is 8.87. The molecule has 0 heterocycles. The highest BCUT2D eigenvalue weighted by atomic mass is 79.9. The molecule has 0 amide bonds. The predicted molar refractivity (Wildman–Crippen MR) is 39.0 cm³/mol. The van der Waals surface area contributed by atoms with E-state index in [1.54, 1.807) is 0 Å². The molecule has 0 N–H and O–H groups in total. The van der Waals surface area contributed by atoms with E-state index < -0.39 is 22.5 Å². The minimum Gasteiger partial charge on any atom is -0.205 e. The zero-order valence-corrected chi connectivity index (χ0v) is 7.31. The zero-order chi connectivity index (χ0) is 8.59. The van der Waals surface area contributed by atoms with E-state index in [9.17, 15) is 13.2 Å². The van der Waals surface area contributed by atoms with Crippen LogP contribution in [0.3, 0.4) is 0 Å². The first-order chi connectivity index (χ1) is 5.04. The molecule has 5 heteroatoms. The van der Waals surface area contributed by atoms with E-state index in [2.05, 4.69) is 15.9 Å². The normalized spacial score (nSPS) is 10.3. The number of benzene rings is 1. The van der Waals surface area contributed by atoms with Crippen molar-refractivity contribution in [1.29, 1.82) is 0 Å². The number of rotatable bonds is 0. The van der Waals surface area contributed by atoms with E-state index in [-0.39, 0.29) is 4.47 Å². The van der Waals surface area contributed by atoms with Gasteiger partial charge < -0.3 is 0 Å². The molecule has 0 aliphatic heterocycles. The topological polar surface area (TPSA) is 0 Å². The molecule has 0 fully saturated rings. The van der Waals surface area contributed by atoms with Gasteiger partial charge in [-0.05, 0) is 22.0 Å². The summed E-state index contributed by atoms with van der Waals surface area (Å²) in [5.74, 6) is -3.55. The van der Waals surface area contributed by atoms with Gasteiger partial charge in [0.2, 0.25) is 0 Å². The molecule has 0 aromatic heterocycles. The van der Waals surface area contributed by atoms with Gasteiger partial charge in [0.15, 0.2) is 11.6 Å². The maximum atomic E-state index is 12.5. The Balaban J connectivity index is 3.46. The van der Waals surface area contributed by atoms with Crippen molar-refractivity contribution in [3.63, 3.8) is 0 Å². The van der Waals surface area contributed by atoms with Gasteiger partial charge >= 0.3 is 0 Å². The summed E-state index contributed by atoms with van der Waals surface area (Å²) in [5, 5.41) is -0.828. The summed E-state index contributed by atoms with van der Waals surface area (Å²) in [4.78, 5) is 0. The molecular weight excluding hydrogens is 244 g/mol. The van der Waals surface area contributed by atoms with Crippen LogP contribution >= 0.6 is 27.5 Å². The molecule has 0 aliphatic rings. The fourth-order valence-corrected chi connectivity index (χ4v) is 1.06. The van der Waals surface area contributed by atoms with Gasteiger partial charge in [-0.2, -0.15) is 0 Å². The van der Waals surface area contributed by atoms with Crippen LogP contribution in [0, 0.1) is 17.5 Å². The Morgan fingerprint density at radius 3 is 2.27 bits per heavy atom. The molecule has 0 spiro atoms. The van der Waals surface area contributed by atoms with Gasteiger partial charge in [-0.1, -0.05) is 11.6 Å². The second-order valence-electron chi connectivity index (χ2n) is 1.78. The lowest BCUT2D eigenvalue weighted by Gasteiger charge is -1.99. The van der Waals surface area contributed by atoms with Crippen LogP contribution in [0.5, 0.6) is 0 Å². The third kappa shape index (κ3) is 1.51. The predicted octanol–water partition coefficient (Wildman–Crippen LogP) is 3.52. The molecule has 0 saturated carbocycles. The van der Waals surface area contributed by atoms with Crippen LogP contribution in [0.4, 0.5) is 13.2 Å².